The number of aliphatic hydroxyl groups excluding tert-OH is 3. The molecular weight excluding hydrogens is 422 g/mol. The Hall–Kier alpha value is -0.170. The number of thioether (sulfide) groups is 1. The van der Waals surface area contributed by atoms with Gasteiger partial charge in [0.25, 0.3) is 0 Å². The second-order valence-electron chi connectivity index (χ2n) is 8.13. The van der Waals surface area contributed by atoms with Crippen LogP contribution in [0.4, 0.5) is 0 Å². The third kappa shape index (κ3) is 5.02. The van der Waals surface area contributed by atoms with E-state index in [1.54, 1.807) is 13.2 Å². The predicted molar refractivity (Wildman–Crippen MR) is 110 cm³/mol. The highest BCUT2D eigenvalue weighted by Gasteiger charge is 2.49. The minimum Gasteiger partial charge on any atom is -0.388 e. The van der Waals surface area contributed by atoms with Gasteiger partial charge in [-0.15, -0.1) is 23.4 Å². The zero-order valence-corrected chi connectivity index (χ0v) is 18.5. The number of carbonyl (C=O) groups excluding carboxylic acids is 1. The molecule has 1 amide bonds. The zero-order chi connectivity index (χ0) is 21.3. The zero-order valence-electron chi connectivity index (χ0n) is 16.9. The van der Waals surface area contributed by atoms with Crippen LogP contribution < -0.4 is 10.6 Å². The summed E-state index contributed by atoms with van der Waals surface area (Å²) in [5, 5.41) is 36.3. The SMILES string of the molecule is CSC1O[C@H]([C@H](NC(=O)[C@H]2NC[C@@H]3CN(C)CCO[C@H]32)[C@H](C)Cl)C(O)[C@@H](O)[C@H]1O. The summed E-state index contributed by atoms with van der Waals surface area (Å²) in [6.07, 6.45) is -3.47. The van der Waals surface area contributed by atoms with E-state index >= 15 is 0 Å². The standard InChI is InChI=1S/C18H32ClN3O6S/c1-8(19)10(16-13(24)12(23)14(25)18(28-16)29-3)21-17(26)11-15-9(6-20-11)7-22(2)4-5-27-15/h8-16,18,20,23-25H,4-7H2,1-3H3,(H,21,26)/t8-,9+,10+,11-,12+,13?,14+,15+,16+,18?/m0/s1. The Labute approximate surface area is 180 Å². The quantitative estimate of drug-likeness (QED) is 0.306. The lowest BCUT2D eigenvalue weighted by atomic mass is 9.92. The van der Waals surface area contributed by atoms with Crippen molar-refractivity contribution in [3.05, 3.63) is 0 Å². The average Bonchev–Trinajstić information content (AvgIpc) is 2.97. The molecule has 0 spiro atoms. The summed E-state index contributed by atoms with van der Waals surface area (Å²) in [5.74, 6) is -0.0730. The normalized spacial score (nSPS) is 43.3. The fourth-order valence-corrected chi connectivity index (χ4v) is 5.22. The monoisotopic (exact) mass is 453 g/mol. The summed E-state index contributed by atoms with van der Waals surface area (Å²) in [7, 11) is 2.04. The number of nitrogens with zero attached hydrogens (tertiary/aromatic N) is 1. The molecular formula is C18H32ClN3O6S. The molecule has 0 aromatic heterocycles. The first-order chi connectivity index (χ1) is 13.7. The molecule has 9 nitrogen and oxygen atoms in total. The van der Waals surface area contributed by atoms with Gasteiger partial charge in [0.2, 0.25) is 5.91 Å². The molecule has 0 bridgehead atoms. The van der Waals surface area contributed by atoms with Crippen LogP contribution in [0.2, 0.25) is 0 Å². The van der Waals surface area contributed by atoms with Gasteiger partial charge in [-0.3, -0.25) is 4.79 Å². The van der Waals surface area contributed by atoms with E-state index in [-0.39, 0.29) is 17.9 Å². The van der Waals surface area contributed by atoms with Crippen LogP contribution >= 0.6 is 23.4 Å². The fraction of sp³-hybridized carbons (Fsp3) is 0.944. The molecule has 0 aliphatic carbocycles. The number of fused-ring (bicyclic) bond motifs is 1. The molecule has 11 heteroatoms. The summed E-state index contributed by atoms with van der Waals surface area (Å²) in [6, 6.07) is -1.29. The van der Waals surface area contributed by atoms with Crippen molar-refractivity contribution in [2.24, 2.45) is 5.92 Å². The Bertz CT molecular complexity index is 574. The number of alkyl halides is 1. The van der Waals surface area contributed by atoms with Gasteiger partial charge in [-0.1, -0.05) is 0 Å². The highest BCUT2D eigenvalue weighted by atomic mass is 35.5. The van der Waals surface area contributed by atoms with E-state index in [4.69, 9.17) is 21.1 Å². The van der Waals surface area contributed by atoms with Gasteiger partial charge >= 0.3 is 0 Å². The van der Waals surface area contributed by atoms with Gasteiger partial charge in [0.05, 0.1) is 24.1 Å². The predicted octanol–water partition coefficient (Wildman–Crippen LogP) is -1.81. The molecule has 3 aliphatic heterocycles. The van der Waals surface area contributed by atoms with E-state index in [9.17, 15) is 20.1 Å². The lowest BCUT2D eigenvalue weighted by molar-refractivity contribution is -0.205. The lowest BCUT2D eigenvalue weighted by Crippen LogP contribution is -2.65. The maximum atomic E-state index is 13.1. The number of ether oxygens (including phenoxy) is 2. The molecule has 0 radical (unpaired) electrons. The molecule has 5 N–H and O–H groups in total. The van der Waals surface area contributed by atoms with E-state index in [1.165, 1.54) is 11.8 Å². The van der Waals surface area contributed by atoms with Crippen LogP contribution in [0.15, 0.2) is 0 Å². The number of hydrogen-bond donors (Lipinski definition) is 5. The minimum absolute atomic E-state index is 0.208. The Balaban J connectivity index is 1.71. The number of amides is 1. The summed E-state index contributed by atoms with van der Waals surface area (Å²) in [5.41, 5.74) is -0.733. The van der Waals surface area contributed by atoms with Crippen molar-refractivity contribution in [2.75, 3.05) is 39.5 Å². The summed E-state index contributed by atoms with van der Waals surface area (Å²) in [4.78, 5) is 15.3. The maximum absolute atomic E-state index is 13.1. The second kappa shape index (κ2) is 9.97. The highest BCUT2D eigenvalue weighted by Crippen LogP contribution is 2.30. The van der Waals surface area contributed by atoms with E-state index in [0.29, 0.717) is 13.2 Å². The Morgan fingerprint density at radius 3 is 2.69 bits per heavy atom. The lowest BCUT2D eigenvalue weighted by Gasteiger charge is -2.44. The molecule has 168 valence electrons. The first-order valence-electron chi connectivity index (χ1n) is 9.95. The smallest absolute Gasteiger partial charge is 0.240 e. The van der Waals surface area contributed by atoms with Crippen LogP contribution in [0.25, 0.3) is 0 Å². The van der Waals surface area contributed by atoms with E-state index in [1.807, 2.05) is 7.05 Å². The van der Waals surface area contributed by atoms with Crippen molar-refractivity contribution in [3.63, 3.8) is 0 Å². The maximum Gasteiger partial charge on any atom is 0.240 e. The third-order valence-electron chi connectivity index (χ3n) is 6.00. The van der Waals surface area contributed by atoms with Gasteiger partial charge in [0, 0.05) is 25.6 Å². The number of likely N-dealkylation sites (N-methyl/N-ethyl adjacent to an activating group) is 1. The number of carbonyl (C=O) groups is 1. The van der Waals surface area contributed by atoms with Crippen molar-refractivity contribution < 1.29 is 29.6 Å². The first-order valence-corrected chi connectivity index (χ1v) is 11.7. The van der Waals surface area contributed by atoms with Crippen LogP contribution in [-0.2, 0) is 14.3 Å². The van der Waals surface area contributed by atoms with Crippen molar-refractivity contribution in [1.29, 1.82) is 0 Å². The largest absolute Gasteiger partial charge is 0.388 e. The second-order valence-corrected chi connectivity index (χ2v) is 9.76. The van der Waals surface area contributed by atoms with Crippen molar-refractivity contribution in [1.82, 2.24) is 15.5 Å². The first kappa shape index (κ1) is 23.5. The highest BCUT2D eigenvalue weighted by molar-refractivity contribution is 7.99. The van der Waals surface area contributed by atoms with Gasteiger partial charge in [-0.2, -0.15) is 0 Å². The summed E-state index contributed by atoms with van der Waals surface area (Å²) in [6.45, 7) is 4.59. The number of aliphatic hydroxyl groups is 3. The van der Waals surface area contributed by atoms with Crippen molar-refractivity contribution in [3.8, 4) is 0 Å². The minimum atomic E-state index is -1.39. The van der Waals surface area contributed by atoms with Gasteiger partial charge < -0.3 is 40.3 Å². The molecule has 3 heterocycles. The molecule has 10 atom stereocenters. The van der Waals surface area contributed by atoms with E-state index < -0.39 is 47.3 Å². The summed E-state index contributed by atoms with van der Waals surface area (Å²) < 4.78 is 11.8. The molecule has 0 saturated carbocycles. The number of halogens is 1. The topological polar surface area (TPSA) is 124 Å². The number of rotatable bonds is 5. The summed E-state index contributed by atoms with van der Waals surface area (Å²) >= 11 is 7.55. The molecule has 29 heavy (non-hydrogen) atoms. The van der Waals surface area contributed by atoms with Gasteiger partial charge in [0.1, 0.15) is 35.9 Å². The van der Waals surface area contributed by atoms with Crippen LogP contribution in [0, 0.1) is 5.92 Å². The molecule has 0 aromatic rings. The van der Waals surface area contributed by atoms with E-state index in [0.717, 1.165) is 13.1 Å². The average molecular weight is 454 g/mol. The molecule has 3 fully saturated rings. The molecule has 3 saturated heterocycles. The van der Waals surface area contributed by atoms with Gasteiger partial charge in [-0.25, -0.2) is 0 Å². The molecule has 2 unspecified atom stereocenters. The van der Waals surface area contributed by atoms with Gasteiger partial charge in [-0.05, 0) is 20.2 Å². The van der Waals surface area contributed by atoms with Crippen LogP contribution in [0.5, 0.6) is 0 Å². The van der Waals surface area contributed by atoms with Crippen LogP contribution in [0.3, 0.4) is 0 Å². The van der Waals surface area contributed by atoms with Crippen LogP contribution in [-0.4, -0.2) is 119 Å². The molecule has 3 aliphatic rings. The van der Waals surface area contributed by atoms with Crippen LogP contribution in [0.1, 0.15) is 6.92 Å². The third-order valence-corrected chi connectivity index (χ3v) is 7.13. The Morgan fingerprint density at radius 2 is 2.03 bits per heavy atom. The Morgan fingerprint density at radius 1 is 1.31 bits per heavy atom. The number of hydrogen-bond acceptors (Lipinski definition) is 9. The van der Waals surface area contributed by atoms with Crippen molar-refractivity contribution in [2.45, 2.75) is 60.3 Å². The van der Waals surface area contributed by atoms with Gasteiger partial charge in [0.15, 0.2) is 0 Å². The number of nitrogens with one attached hydrogen (secondary N) is 2. The molecule has 3 rings (SSSR count). The van der Waals surface area contributed by atoms with Crippen molar-refractivity contribution >= 4 is 29.3 Å². The van der Waals surface area contributed by atoms with E-state index in [2.05, 4.69) is 15.5 Å². The molecule has 0 aromatic carbocycles. The fourth-order valence-electron chi connectivity index (χ4n) is 4.34. The Kier molecular flexibility index (Phi) is 8.08.